The fraction of sp³-hybridized carbons (Fsp3) is 0.533. The Morgan fingerprint density at radius 2 is 2.26 bits per heavy atom. The Balaban J connectivity index is 2.18. The number of nitrogens with zero attached hydrogens (tertiary/aromatic N) is 1. The van der Waals surface area contributed by atoms with E-state index in [4.69, 9.17) is 0 Å². The van der Waals surface area contributed by atoms with Gasteiger partial charge < -0.3 is 10.0 Å². The molecule has 2 unspecified atom stereocenters. The molecule has 1 heterocycles. The first-order valence-electron chi connectivity index (χ1n) is 6.76. The number of hydrogen-bond donors (Lipinski definition) is 1. The van der Waals surface area contributed by atoms with E-state index < -0.39 is 5.82 Å². The van der Waals surface area contributed by atoms with E-state index in [0.717, 1.165) is 12.0 Å². The molecular weight excluding hydrogens is 245 g/mol. The lowest BCUT2D eigenvalue weighted by Gasteiger charge is -2.36. The number of aliphatic hydroxyl groups is 1. The highest BCUT2D eigenvalue weighted by molar-refractivity contribution is 5.95. The predicted octanol–water partition coefficient (Wildman–Crippen LogP) is 2.37. The number of carbonyl (C=O) groups is 1. The van der Waals surface area contributed by atoms with Crippen LogP contribution in [-0.2, 0) is 0 Å². The summed E-state index contributed by atoms with van der Waals surface area (Å²) in [6, 6.07) is 4.28. The number of benzene rings is 1. The van der Waals surface area contributed by atoms with E-state index in [1.807, 2.05) is 13.8 Å². The summed E-state index contributed by atoms with van der Waals surface area (Å²) in [6.07, 6.45) is 1.11. The summed E-state index contributed by atoms with van der Waals surface area (Å²) in [6.45, 7) is 4.90. The zero-order valence-electron chi connectivity index (χ0n) is 11.4. The molecule has 2 atom stereocenters. The first-order valence-corrected chi connectivity index (χ1v) is 6.76. The molecule has 104 valence electrons. The van der Waals surface area contributed by atoms with Crippen molar-refractivity contribution < 1.29 is 14.3 Å². The quantitative estimate of drug-likeness (QED) is 0.891. The molecule has 1 amide bonds. The minimum atomic E-state index is -0.391. The lowest BCUT2D eigenvalue weighted by Crippen LogP contribution is -2.46. The van der Waals surface area contributed by atoms with Gasteiger partial charge in [0.2, 0.25) is 0 Å². The van der Waals surface area contributed by atoms with E-state index in [9.17, 15) is 14.3 Å². The molecule has 1 saturated heterocycles. The van der Waals surface area contributed by atoms with Gasteiger partial charge in [0.15, 0.2) is 0 Å². The average molecular weight is 265 g/mol. The van der Waals surface area contributed by atoms with Crippen LogP contribution in [0.5, 0.6) is 0 Å². The van der Waals surface area contributed by atoms with Crippen LogP contribution in [0.15, 0.2) is 18.2 Å². The molecule has 1 aliphatic heterocycles. The van der Waals surface area contributed by atoms with Gasteiger partial charge in [-0.3, -0.25) is 4.79 Å². The van der Waals surface area contributed by atoms with Crippen LogP contribution in [0.3, 0.4) is 0 Å². The van der Waals surface area contributed by atoms with Gasteiger partial charge in [0.25, 0.3) is 5.91 Å². The second-order valence-electron chi connectivity index (χ2n) is 5.23. The second kappa shape index (κ2) is 5.70. The summed E-state index contributed by atoms with van der Waals surface area (Å²) in [5, 5.41) is 9.84. The van der Waals surface area contributed by atoms with Gasteiger partial charge in [-0.25, -0.2) is 4.39 Å². The van der Waals surface area contributed by atoms with Crippen LogP contribution in [0.25, 0.3) is 0 Å². The zero-order valence-corrected chi connectivity index (χ0v) is 11.4. The Kier molecular flexibility index (Phi) is 4.20. The largest absolute Gasteiger partial charge is 0.393 e. The SMILES string of the molecule is CCC1CN(C(=O)c2cc(F)ccc2C)CCC1O. The number of aryl methyl sites for hydroxylation is 1. The number of aliphatic hydroxyl groups excluding tert-OH is 1. The molecule has 19 heavy (non-hydrogen) atoms. The van der Waals surface area contributed by atoms with Crippen LogP contribution in [0.1, 0.15) is 35.7 Å². The first-order chi connectivity index (χ1) is 9.02. The van der Waals surface area contributed by atoms with Crippen molar-refractivity contribution in [2.24, 2.45) is 5.92 Å². The molecule has 1 aromatic rings. The number of likely N-dealkylation sites (tertiary alicyclic amines) is 1. The molecule has 0 saturated carbocycles. The van der Waals surface area contributed by atoms with E-state index in [-0.39, 0.29) is 17.9 Å². The van der Waals surface area contributed by atoms with Gasteiger partial charge in [-0.1, -0.05) is 13.0 Å². The Bertz CT molecular complexity index is 475. The summed E-state index contributed by atoms with van der Waals surface area (Å²) in [7, 11) is 0. The Labute approximate surface area is 113 Å². The van der Waals surface area contributed by atoms with Crippen LogP contribution < -0.4 is 0 Å². The Hall–Kier alpha value is -1.42. The van der Waals surface area contributed by atoms with Crippen molar-refractivity contribution in [2.45, 2.75) is 32.8 Å². The molecular formula is C15H20FNO2. The van der Waals surface area contributed by atoms with E-state index in [1.165, 1.54) is 12.1 Å². The fourth-order valence-corrected chi connectivity index (χ4v) is 2.60. The van der Waals surface area contributed by atoms with Crippen LogP contribution in [0.4, 0.5) is 4.39 Å². The van der Waals surface area contributed by atoms with E-state index in [2.05, 4.69) is 0 Å². The number of hydrogen-bond acceptors (Lipinski definition) is 2. The molecule has 2 rings (SSSR count). The number of piperidine rings is 1. The van der Waals surface area contributed by atoms with Crippen molar-refractivity contribution >= 4 is 5.91 Å². The third-order valence-corrected chi connectivity index (χ3v) is 3.94. The topological polar surface area (TPSA) is 40.5 Å². The third-order valence-electron chi connectivity index (χ3n) is 3.94. The molecule has 1 fully saturated rings. The molecule has 1 aliphatic rings. The van der Waals surface area contributed by atoms with Crippen LogP contribution in [0.2, 0.25) is 0 Å². The minimum Gasteiger partial charge on any atom is -0.393 e. The van der Waals surface area contributed by atoms with E-state index in [1.54, 1.807) is 11.0 Å². The standard InChI is InChI=1S/C15H20FNO2/c1-3-11-9-17(7-6-14(11)18)15(19)13-8-12(16)5-4-10(13)2/h4-5,8,11,14,18H,3,6-7,9H2,1-2H3. The lowest BCUT2D eigenvalue weighted by atomic mass is 9.92. The summed E-state index contributed by atoms with van der Waals surface area (Å²) in [4.78, 5) is 14.1. The molecule has 4 heteroatoms. The fourth-order valence-electron chi connectivity index (χ4n) is 2.60. The lowest BCUT2D eigenvalue weighted by molar-refractivity contribution is 0.0228. The number of rotatable bonds is 2. The summed E-state index contributed by atoms with van der Waals surface area (Å²) < 4.78 is 13.3. The molecule has 0 aliphatic carbocycles. The predicted molar refractivity (Wildman–Crippen MR) is 71.4 cm³/mol. The highest BCUT2D eigenvalue weighted by Gasteiger charge is 2.30. The van der Waals surface area contributed by atoms with Crippen molar-refractivity contribution in [3.8, 4) is 0 Å². The van der Waals surface area contributed by atoms with Gasteiger partial charge in [0, 0.05) is 24.6 Å². The maximum Gasteiger partial charge on any atom is 0.254 e. The maximum absolute atomic E-state index is 13.3. The molecule has 1 N–H and O–H groups in total. The number of amides is 1. The highest BCUT2D eigenvalue weighted by Crippen LogP contribution is 2.22. The summed E-state index contributed by atoms with van der Waals surface area (Å²) >= 11 is 0. The van der Waals surface area contributed by atoms with Crippen molar-refractivity contribution in [3.63, 3.8) is 0 Å². The Morgan fingerprint density at radius 3 is 2.95 bits per heavy atom. The second-order valence-corrected chi connectivity index (χ2v) is 5.23. The zero-order chi connectivity index (χ0) is 14.0. The monoisotopic (exact) mass is 265 g/mol. The van der Waals surface area contributed by atoms with Gasteiger partial charge in [-0.15, -0.1) is 0 Å². The van der Waals surface area contributed by atoms with Crippen molar-refractivity contribution in [1.29, 1.82) is 0 Å². The number of carbonyl (C=O) groups excluding carboxylic acids is 1. The van der Waals surface area contributed by atoms with Crippen LogP contribution in [0, 0.1) is 18.7 Å². The average Bonchev–Trinajstić information content (AvgIpc) is 2.41. The molecule has 0 aromatic heterocycles. The summed E-state index contributed by atoms with van der Waals surface area (Å²) in [5.41, 5.74) is 1.21. The van der Waals surface area contributed by atoms with Crippen molar-refractivity contribution in [2.75, 3.05) is 13.1 Å². The molecule has 0 spiro atoms. The smallest absolute Gasteiger partial charge is 0.254 e. The molecule has 1 aromatic carbocycles. The van der Waals surface area contributed by atoms with Crippen LogP contribution >= 0.6 is 0 Å². The molecule has 3 nitrogen and oxygen atoms in total. The highest BCUT2D eigenvalue weighted by atomic mass is 19.1. The number of halogens is 1. The van der Waals surface area contributed by atoms with Crippen molar-refractivity contribution in [1.82, 2.24) is 4.90 Å². The summed E-state index contributed by atoms with van der Waals surface area (Å²) in [5.74, 6) is -0.410. The maximum atomic E-state index is 13.3. The van der Waals surface area contributed by atoms with E-state index in [0.29, 0.717) is 25.1 Å². The van der Waals surface area contributed by atoms with Gasteiger partial charge >= 0.3 is 0 Å². The van der Waals surface area contributed by atoms with Gasteiger partial charge in [0.05, 0.1) is 6.10 Å². The minimum absolute atomic E-state index is 0.117. The normalized spacial score (nSPS) is 23.5. The van der Waals surface area contributed by atoms with Gasteiger partial charge in [-0.2, -0.15) is 0 Å². The third kappa shape index (κ3) is 2.95. The van der Waals surface area contributed by atoms with Crippen molar-refractivity contribution in [3.05, 3.63) is 35.1 Å². The van der Waals surface area contributed by atoms with Gasteiger partial charge in [-0.05, 0) is 37.5 Å². The molecule has 0 radical (unpaired) electrons. The first kappa shape index (κ1) is 14.0. The van der Waals surface area contributed by atoms with Gasteiger partial charge in [0.1, 0.15) is 5.82 Å². The Morgan fingerprint density at radius 1 is 1.53 bits per heavy atom. The molecule has 0 bridgehead atoms. The van der Waals surface area contributed by atoms with E-state index >= 15 is 0 Å². The van der Waals surface area contributed by atoms with Crippen LogP contribution in [-0.4, -0.2) is 35.1 Å².